The van der Waals surface area contributed by atoms with E-state index in [1.165, 1.54) is 0 Å². The van der Waals surface area contributed by atoms with E-state index in [0.717, 1.165) is 11.3 Å². The van der Waals surface area contributed by atoms with E-state index in [9.17, 15) is 24.3 Å². The highest BCUT2D eigenvalue weighted by Crippen LogP contribution is 2.36. The first-order valence-electron chi connectivity index (χ1n) is 8.98. The molecule has 0 aliphatic heterocycles. The number of thiophene rings is 1. The van der Waals surface area contributed by atoms with Gasteiger partial charge < -0.3 is 19.9 Å². The number of hydrogen-bond donors (Lipinski definition) is 2. The Hall–Kier alpha value is -2.68. The fourth-order valence-electron chi connectivity index (χ4n) is 3.02. The van der Waals surface area contributed by atoms with Crippen molar-refractivity contribution in [3.8, 4) is 0 Å². The summed E-state index contributed by atoms with van der Waals surface area (Å²) in [6, 6.07) is 0. The Labute approximate surface area is 166 Å². The fourth-order valence-corrected chi connectivity index (χ4v) is 4.12. The molecule has 152 valence electrons. The lowest BCUT2D eigenvalue weighted by Crippen LogP contribution is -2.34. The maximum absolute atomic E-state index is 12.8. The molecule has 9 heteroatoms. The van der Waals surface area contributed by atoms with E-state index in [2.05, 4.69) is 5.32 Å². The molecule has 2 N–H and O–H groups in total. The molecule has 1 heterocycles. The minimum atomic E-state index is -1.05. The van der Waals surface area contributed by atoms with E-state index in [1.54, 1.807) is 32.9 Å². The summed E-state index contributed by atoms with van der Waals surface area (Å²) in [5, 5.41) is 12.2. The standard InChI is InChI=1S/C19H23NO7S/c1-4-26-18(24)13-10(3)14(19(25)27-5-2)28-16(13)20-15(21)11-8-6-7-9-12(11)17(22)23/h6-7,11-12H,4-5,8-9H2,1-3H3,(H,20,21)(H,22,23)/t11-,12-/m0/s1. The second-order valence-electron chi connectivity index (χ2n) is 6.18. The second-order valence-corrected chi connectivity index (χ2v) is 7.21. The molecule has 1 aliphatic carbocycles. The Bertz CT molecular complexity index is 811. The topological polar surface area (TPSA) is 119 Å². The number of carboxylic acids is 1. The SMILES string of the molecule is CCOC(=O)c1sc(NC(=O)[C@H]2CC=CC[C@@H]2C(=O)O)c(C(=O)OCC)c1C. The quantitative estimate of drug-likeness (QED) is 0.525. The maximum Gasteiger partial charge on any atom is 0.348 e. The summed E-state index contributed by atoms with van der Waals surface area (Å²) < 4.78 is 10.1. The molecule has 0 spiro atoms. The van der Waals surface area contributed by atoms with Crippen molar-refractivity contribution in [1.82, 2.24) is 0 Å². The minimum Gasteiger partial charge on any atom is -0.481 e. The summed E-state index contributed by atoms with van der Waals surface area (Å²) in [6.07, 6.45) is 4.04. The van der Waals surface area contributed by atoms with Gasteiger partial charge in [0.2, 0.25) is 5.91 Å². The molecule has 1 aliphatic rings. The van der Waals surface area contributed by atoms with Gasteiger partial charge >= 0.3 is 17.9 Å². The van der Waals surface area contributed by atoms with E-state index in [-0.39, 0.29) is 41.5 Å². The summed E-state index contributed by atoms with van der Waals surface area (Å²) in [5.41, 5.74) is 0.442. The van der Waals surface area contributed by atoms with Gasteiger partial charge in [0.1, 0.15) is 9.88 Å². The number of anilines is 1. The molecule has 28 heavy (non-hydrogen) atoms. The van der Waals surface area contributed by atoms with Crippen LogP contribution in [-0.4, -0.2) is 42.1 Å². The third-order valence-corrected chi connectivity index (χ3v) is 5.60. The molecule has 2 atom stereocenters. The lowest BCUT2D eigenvalue weighted by molar-refractivity contribution is -0.146. The lowest BCUT2D eigenvalue weighted by Gasteiger charge is -2.24. The van der Waals surface area contributed by atoms with Crippen molar-refractivity contribution in [2.45, 2.75) is 33.6 Å². The molecule has 0 aromatic carbocycles. The van der Waals surface area contributed by atoms with Crippen molar-refractivity contribution in [3.63, 3.8) is 0 Å². The molecular formula is C19H23NO7S. The maximum atomic E-state index is 12.8. The molecular weight excluding hydrogens is 386 g/mol. The van der Waals surface area contributed by atoms with Gasteiger partial charge in [0.05, 0.1) is 30.6 Å². The van der Waals surface area contributed by atoms with Crippen LogP contribution in [-0.2, 0) is 19.1 Å². The van der Waals surface area contributed by atoms with Crippen LogP contribution < -0.4 is 5.32 Å². The summed E-state index contributed by atoms with van der Waals surface area (Å²) in [4.78, 5) is 49.0. The summed E-state index contributed by atoms with van der Waals surface area (Å²) in [5.74, 6) is -4.45. The monoisotopic (exact) mass is 409 g/mol. The van der Waals surface area contributed by atoms with Crippen molar-refractivity contribution < 1.29 is 33.8 Å². The van der Waals surface area contributed by atoms with E-state index in [1.807, 2.05) is 0 Å². The lowest BCUT2D eigenvalue weighted by atomic mass is 9.82. The van der Waals surface area contributed by atoms with Gasteiger partial charge in [-0.1, -0.05) is 12.2 Å². The zero-order valence-electron chi connectivity index (χ0n) is 15.9. The summed E-state index contributed by atoms with van der Waals surface area (Å²) in [6.45, 7) is 5.19. The molecule has 8 nitrogen and oxygen atoms in total. The fraction of sp³-hybridized carbons (Fsp3) is 0.474. The molecule has 1 aromatic rings. The van der Waals surface area contributed by atoms with Crippen LogP contribution in [0.3, 0.4) is 0 Å². The van der Waals surface area contributed by atoms with Crippen molar-refractivity contribution in [2.75, 3.05) is 18.5 Å². The number of esters is 2. The van der Waals surface area contributed by atoms with Crippen LogP contribution in [0.2, 0.25) is 0 Å². The zero-order valence-corrected chi connectivity index (χ0v) is 16.8. The van der Waals surface area contributed by atoms with Crippen LogP contribution in [0.25, 0.3) is 0 Å². The number of carbonyl (C=O) groups is 4. The molecule has 0 radical (unpaired) electrons. The Morgan fingerprint density at radius 1 is 1.07 bits per heavy atom. The first-order chi connectivity index (χ1) is 13.3. The molecule has 2 rings (SSSR count). The van der Waals surface area contributed by atoms with Crippen LogP contribution in [0.1, 0.15) is 52.3 Å². The van der Waals surface area contributed by atoms with Gasteiger partial charge in [-0.15, -0.1) is 11.3 Å². The first kappa shape index (κ1) is 21.6. The van der Waals surface area contributed by atoms with Crippen LogP contribution >= 0.6 is 11.3 Å². The number of carboxylic acid groups (broad SMARTS) is 1. The number of aliphatic carboxylic acids is 1. The number of allylic oxidation sites excluding steroid dienone is 2. The van der Waals surface area contributed by atoms with E-state index in [4.69, 9.17) is 9.47 Å². The van der Waals surface area contributed by atoms with Gasteiger partial charge in [0.15, 0.2) is 0 Å². The van der Waals surface area contributed by atoms with Gasteiger partial charge in [-0.05, 0) is 39.2 Å². The molecule has 1 aromatic heterocycles. The average molecular weight is 409 g/mol. The predicted molar refractivity (Wildman–Crippen MR) is 103 cm³/mol. The Morgan fingerprint density at radius 2 is 1.64 bits per heavy atom. The third kappa shape index (κ3) is 4.59. The Morgan fingerprint density at radius 3 is 2.21 bits per heavy atom. The summed E-state index contributed by atoms with van der Waals surface area (Å²) >= 11 is 0.918. The average Bonchev–Trinajstić information content (AvgIpc) is 2.98. The zero-order chi connectivity index (χ0) is 20.8. The van der Waals surface area contributed by atoms with Crippen LogP contribution in [0.15, 0.2) is 12.2 Å². The molecule has 0 unspecified atom stereocenters. The van der Waals surface area contributed by atoms with Gasteiger partial charge in [0.25, 0.3) is 0 Å². The number of amides is 1. The van der Waals surface area contributed by atoms with Crippen molar-refractivity contribution >= 4 is 40.2 Å². The normalized spacial score (nSPS) is 18.4. The van der Waals surface area contributed by atoms with Gasteiger partial charge in [0, 0.05) is 0 Å². The second kappa shape index (κ2) is 9.50. The molecule has 0 bridgehead atoms. The van der Waals surface area contributed by atoms with Gasteiger partial charge in [-0.2, -0.15) is 0 Å². The number of nitrogens with one attached hydrogen (secondary N) is 1. The Balaban J connectivity index is 2.37. The van der Waals surface area contributed by atoms with Gasteiger partial charge in [-0.3, -0.25) is 9.59 Å². The van der Waals surface area contributed by atoms with E-state index >= 15 is 0 Å². The van der Waals surface area contributed by atoms with Crippen molar-refractivity contribution in [1.29, 1.82) is 0 Å². The predicted octanol–water partition coefficient (Wildman–Crippen LogP) is 3.02. The van der Waals surface area contributed by atoms with Crippen LogP contribution in [0.4, 0.5) is 5.00 Å². The van der Waals surface area contributed by atoms with Gasteiger partial charge in [-0.25, -0.2) is 9.59 Å². The van der Waals surface area contributed by atoms with E-state index < -0.39 is 35.7 Å². The third-order valence-electron chi connectivity index (χ3n) is 4.41. The summed E-state index contributed by atoms with van der Waals surface area (Å²) in [7, 11) is 0. The van der Waals surface area contributed by atoms with Crippen LogP contribution in [0, 0.1) is 18.8 Å². The number of ether oxygens (including phenoxy) is 2. The van der Waals surface area contributed by atoms with Crippen molar-refractivity contribution in [3.05, 3.63) is 28.2 Å². The smallest absolute Gasteiger partial charge is 0.348 e. The molecule has 0 fully saturated rings. The number of carbonyl (C=O) groups excluding carboxylic acids is 3. The highest BCUT2D eigenvalue weighted by atomic mass is 32.1. The number of hydrogen-bond acceptors (Lipinski definition) is 7. The molecule has 0 saturated heterocycles. The highest BCUT2D eigenvalue weighted by Gasteiger charge is 2.35. The van der Waals surface area contributed by atoms with E-state index in [0.29, 0.717) is 5.56 Å². The largest absolute Gasteiger partial charge is 0.481 e. The highest BCUT2D eigenvalue weighted by molar-refractivity contribution is 7.18. The molecule has 1 amide bonds. The first-order valence-corrected chi connectivity index (χ1v) is 9.79. The molecule has 0 saturated carbocycles. The van der Waals surface area contributed by atoms with Crippen molar-refractivity contribution in [2.24, 2.45) is 11.8 Å². The minimum absolute atomic E-state index is 0.0847. The van der Waals surface area contributed by atoms with Crippen LogP contribution in [0.5, 0.6) is 0 Å². The number of rotatable bonds is 7. The Kier molecular flexibility index (Phi) is 7.33.